The average Bonchev–Trinajstić information content (AvgIpc) is 2.36. The molecule has 0 fully saturated rings. The molecule has 2 aromatic rings. The van der Waals surface area contributed by atoms with E-state index in [2.05, 4.69) is 4.98 Å². The number of hydrogen-bond acceptors (Lipinski definition) is 4. The summed E-state index contributed by atoms with van der Waals surface area (Å²) in [5.74, 6) is 0.153. The molecule has 114 valence electrons. The third-order valence-corrected chi connectivity index (χ3v) is 4.62. The molecule has 1 heterocycles. The molecule has 1 aromatic carbocycles. The molecular formula is C14H19N3O3S. The first-order chi connectivity index (χ1) is 9.70. The number of rotatable bonds is 4. The van der Waals surface area contributed by atoms with Gasteiger partial charge in [0.05, 0.1) is 4.90 Å². The van der Waals surface area contributed by atoms with Gasteiger partial charge in [-0.25, -0.2) is 13.6 Å². The standard InChI is InChI=1S/C14H19N3O3S/c1-8(9(2)15)6-10-7-12-11(14(18)17-10)4-3-5-13(12)21(16,19)20/h3-5,7-9H,6,15H2,1-2H3,(H,17,18)(H2,16,19,20). The number of hydrogen-bond donors (Lipinski definition) is 3. The lowest BCUT2D eigenvalue weighted by atomic mass is 9.97. The van der Waals surface area contributed by atoms with Gasteiger partial charge in [-0.05, 0) is 37.5 Å². The van der Waals surface area contributed by atoms with E-state index in [1.54, 1.807) is 12.1 Å². The van der Waals surface area contributed by atoms with Gasteiger partial charge in [-0.15, -0.1) is 0 Å². The Hall–Kier alpha value is -1.70. The van der Waals surface area contributed by atoms with Crippen molar-refractivity contribution in [2.45, 2.75) is 31.2 Å². The van der Waals surface area contributed by atoms with Crippen molar-refractivity contribution in [3.05, 3.63) is 40.3 Å². The van der Waals surface area contributed by atoms with Crippen LogP contribution in [0.15, 0.2) is 34.0 Å². The first kappa shape index (κ1) is 15.7. The largest absolute Gasteiger partial charge is 0.328 e. The quantitative estimate of drug-likeness (QED) is 0.770. The van der Waals surface area contributed by atoms with Gasteiger partial charge in [-0.1, -0.05) is 13.0 Å². The van der Waals surface area contributed by atoms with Gasteiger partial charge in [0.15, 0.2) is 0 Å². The van der Waals surface area contributed by atoms with Gasteiger partial charge in [-0.2, -0.15) is 0 Å². The van der Waals surface area contributed by atoms with E-state index in [-0.39, 0.29) is 22.4 Å². The Morgan fingerprint density at radius 2 is 1.90 bits per heavy atom. The summed E-state index contributed by atoms with van der Waals surface area (Å²) in [6, 6.07) is 6.10. The molecule has 0 aliphatic carbocycles. The first-order valence-corrected chi connectivity index (χ1v) is 8.18. The SMILES string of the molecule is CC(N)C(C)Cc1cc2c(S(N)(=O)=O)cccc2c(=O)[nH]1. The van der Waals surface area contributed by atoms with E-state index in [0.29, 0.717) is 22.9 Å². The molecule has 2 rings (SSSR count). The second kappa shape index (κ2) is 5.59. The predicted molar refractivity (Wildman–Crippen MR) is 82.5 cm³/mol. The van der Waals surface area contributed by atoms with Gasteiger partial charge in [0, 0.05) is 22.5 Å². The molecule has 0 amide bonds. The highest BCUT2D eigenvalue weighted by Gasteiger charge is 2.16. The van der Waals surface area contributed by atoms with Gasteiger partial charge in [-0.3, -0.25) is 4.79 Å². The Morgan fingerprint density at radius 1 is 1.24 bits per heavy atom. The summed E-state index contributed by atoms with van der Waals surface area (Å²) in [5.41, 5.74) is 6.14. The smallest absolute Gasteiger partial charge is 0.256 e. The van der Waals surface area contributed by atoms with Crippen LogP contribution in [0.1, 0.15) is 19.5 Å². The first-order valence-electron chi connectivity index (χ1n) is 6.63. The Labute approximate surface area is 123 Å². The zero-order valence-electron chi connectivity index (χ0n) is 12.0. The Morgan fingerprint density at radius 3 is 2.48 bits per heavy atom. The number of nitrogens with one attached hydrogen (secondary N) is 1. The minimum Gasteiger partial charge on any atom is -0.328 e. The molecule has 2 unspecified atom stereocenters. The van der Waals surface area contributed by atoms with Gasteiger partial charge in [0.1, 0.15) is 0 Å². The lowest BCUT2D eigenvalue weighted by Gasteiger charge is -2.15. The van der Waals surface area contributed by atoms with Crippen LogP contribution >= 0.6 is 0 Å². The van der Waals surface area contributed by atoms with Crippen LogP contribution in [0.25, 0.3) is 10.8 Å². The van der Waals surface area contributed by atoms with Crippen LogP contribution < -0.4 is 16.4 Å². The maximum absolute atomic E-state index is 12.1. The number of aromatic amines is 1. The summed E-state index contributed by atoms with van der Waals surface area (Å²) in [6.45, 7) is 3.86. The van der Waals surface area contributed by atoms with E-state index in [4.69, 9.17) is 10.9 Å². The molecule has 0 aliphatic heterocycles. The molecule has 0 aliphatic rings. The van der Waals surface area contributed by atoms with Gasteiger partial charge < -0.3 is 10.7 Å². The van der Waals surface area contributed by atoms with Crippen molar-refractivity contribution in [1.82, 2.24) is 4.98 Å². The highest BCUT2D eigenvalue weighted by atomic mass is 32.2. The monoisotopic (exact) mass is 309 g/mol. The van der Waals surface area contributed by atoms with Gasteiger partial charge in [0.2, 0.25) is 10.0 Å². The van der Waals surface area contributed by atoms with Crippen LogP contribution in [0.3, 0.4) is 0 Å². The van der Waals surface area contributed by atoms with Crippen molar-refractivity contribution in [2.24, 2.45) is 16.8 Å². The molecule has 21 heavy (non-hydrogen) atoms. The summed E-state index contributed by atoms with van der Waals surface area (Å²) in [6.07, 6.45) is 0.557. The topological polar surface area (TPSA) is 119 Å². The molecule has 0 saturated heterocycles. The number of nitrogens with two attached hydrogens (primary N) is 2. The summed E-state index contributed by atoms with van der Waals surface area (Å²) in [4.78, 5) is 14.8. The van der Waals surface area contributed by atoms with E-state index in [9.17, 15) is 13.2 Å². The van der Waals surface area contributed by atoms with Crippen LogP contribution in [0.2, 0.25) is 0 Å². The Kier molecular flexibility index (Phi) is 4.18. The number of H-pyrrole nitrogens is 1. The number of pyridine rings is 1. The molecule has 2 atom stereocenters. The molecule has 0 bridgehead atoms. The summed E-state index contributed by atoms with van der Waals surface area (Å²) in [7, 11) is -3.89. The number of fused-ring (bicyclic) bond motifs is 1. The Bertz CT molecular complexity index is 825. The third-order valence-electron chi connectivity index (χ3n) is 3.65. The van der Waals surface area contributed by atoms with Crippen molar-refractivity contribution in [3.8, 4) is 0 Å². The highest BCUT2D eigenvalue weighted by molar-refractivity contribution is 7.89. The maximum Gasteiger partial charge on any atom is 0.256 e. The fourth-order valence-corrected chi connectivity index (χ4v) is 2.95. The van der Waals surface area contributed by atoms with Crippen LogP contribution in [-0.2, 0) is 16.4 Å². The summed E-state index contributed by atoms with van der Waals surface area (Å²) < 4.78 is 23.3. The number of benzene rings is 1. The molecule has 5 N–H and O–H groups in total. The molecule has 6 nitrogen and oxygen atoms in total. The molecular weight excluding hydrogens is 290 g/mol. The molecule has 0 spiro atoms. The minimum atomic E-state index is -3.89. The van der Waals surface area contributed by atoms with Crippen molar-refractivity contribution in [3.63, 3.8) is 0 Å². The van der Waals surface area contributed by atoms with Crippen LogP contribution in [-0.4, -0.2) is 19.4 Å². The molecule has 0 saturated carbocycles. The lowest BCUT2D eigenvalue weighted by Crippen LogP contribution is -2.26. The van der Waals surface area contributed by atoms with E-state index >= 15 is 0 Å². The number of aromatic nitrogens is 1. The van der Waals surface area contributed by atoms with E-state index in [0.717, 1.165) is 0 Å². The maximum atomic E-state index is 12.1. The highest BCUT2D eigenvalue weighted by Crippen LogP contribution is 2.21. The summed E-state index contributed by atoms with van der Waals surface area (Å²) >= 11 is 0. The molecule has 1 aromatic heterocycles. The van der Waals surface area contributed by atoms with Crippen molar-refractivity contribution in [1.29, 1.82) is 0 Å². The van der Waals surface area contributed by atoms with Crippen molar-refractivity contribution in [2.75, 3.05) is 0 Å². The second-order valence-corrected chi connectivity index (χ2v) is 6.96. The lowest BCUT2D eigenvalue weighted by molar-refractivity contribution is 0.477. The number of primary sulfonamides is 1. The van der Waals surface area contributed by atoms with Crippen LogP contribution in [0, 0.1) is 5.92 Å². The zero-order chi connectivity index (χ0) is 15.8. The normalized spacial score (nSPS) is 15.0. The van der Waals surface area contributed by atoms with E-state index < -0.39 is 10.0 Å². The van der Waals surface area contributed by atoms with E-state index in [1.807, 2.05) is 13.8 Å². The molecule has 7 heteroatoms. The van der Waals surface area contributed by atoms with E-state index in [1.165, 1.54) is 12.1 Å². The van der Waals surface area contributed by atoms with Crippen LogP contribution in [0.4, 0.5) is 0 Å². The predicted octanol–water partition coefficient (Wildman–Crippen LogP) is 0.701. The fourth-order valence-electron chi connectivity index (χ4n) is 2.21. The van der Waals surface area contributed by atoms with Gasteiger partial charge in [0.25, 0.3) is 5.56 Å². The Balaban J connectivity index is 2.66. The average molecular weight is 309 g/mol. The summed E-state index contributed by atoms with van der Waals surface area (Å²) in [5, 5.41) is 5.86. The van der Waals surface area contributed by atoms with Crippen molar-refractivity contribution < 1.29 is 8.42 Å². The number of sulfonamides is 1. The molecule has 0 radical (unpaired) electrons. The third kappa shape index (κ3) is 3.31. The fraction of sp³-hybridized carbons (Fsp3) is 0.357. The van der Waals surface area contributed by atoms with Gasteiger partial charge >= 0.3 is 0 Å². The second-order valence-electron chi connectivity index (χ2n) is 5.43. The van der Waals surface area contributed by atoms with Crippen LogP contribution in [0.5, 0.6) is 0 Å². The minimum absolute atomic E-state index is 0.0299. The van der Waals surface area contributed by atoms with Crippen molar-refractivity contribution >= 4 is 20.8 Å². The zero-order valence-corrected chi connectivity index (χ0v) is 12.8.